The van der Waals surface area contributed by atoms with E-state index in [9.17, 15) is 0 Å². The Morgan fingerprint density at radius 1 is 1.12 bits per heavy atom. The molecule has 0 aliphatic carbocycles. The molecule has 0 radical (unpaired) electrons. The number of nitrogens with zero attached hydrogens (tertiary/aromatic N) is 3. The van der Waals surface area contributed by atoms with Crippen molar-refractivity contribution in [3.05, 3.63) is 0 Å². The Labute approximate surface area is 110 Å². The summed E-state index contributed by atoms with van der Waals surface area (Å²) in [4.78, 5) is 9.99. The van der Waals surface area contributed by atoms with Gasteiger partial charge in [0, 0.05) is 6.54 Å². The van der Waals surface area contributed by atoms with Crippen LogP contribution in [0.1, 0.15) is 13.3 Å². The SMILES string of the molecule is CCN=C=NCCCN(C)C.Cl.Cl.N=C=N. The maximum atomic E-state index is 5.62. The summed E-state index contributed by atoms with van der Waals surface area (Å²) in [6.45, 7) is 4.67. The van der Waals surface area contributed by atoms with Crippen molar-refractivity contribution >= 4 is 36.8 Å². The molecule has 5 nitrogen and oxygen atoms in total. The van der Waals surface area contributed by atoms with Crippen LogP contribution in [0.5, 0.6) is 0 Å². The normalized spacial score (nSPS) is 7.00. The largest absolute Gasteiger partial charge is 0.309 e. The van der Waals surface area contributed by atoms with Gasteiger partial charge in [0.2, 0.25) is 0 Å². The van der Waals surface area contributed by atoms with Crippen molar-refractivity contribution in [2.45, 2.75) is 13.3 Å². The van der Waals surface area contributed by atoms with E-state index in [0.717, 1.165) is 26.1 Å². The molecule has 16 heavy (non-hydrogen) atoms. The summed E-state index contributed by atoms with van der Waals surface area (Å²) < 4.78 is 0. The van der Waals surface area contributed by atoms with Gasteiger partial charge in [-0.05, 0) is 34.0 Å². The van der Waals surface area contributed by atoms with Crippen LogP contribution in [0.3, 0.4) is 0 Å². The first-order chi connectivity index (χ1) is 6.68. The van der Waals surface area contributed by atoms with Crippen LogP contribution in [0.4, 0.5) is 0 Å². The highest BCUT2D eigenvalue weighted by Gasteiger charge is 1.86. The van der Waals surface area contributed by atoms with Crippen molar-refractivity contribution in [1.82, 2.24) is 4.90 Å². The molecule has 0 saturated heterocycles. The van der Waals surface area contributed by atoms with Crippen molar-refractivity contribution in [3.63, 3.8) is 0 Å². The van der Waals surface area contributed by atoms with E-state index in [1.165, 1.54) is 6.01 Å². The monoisotopic (exact) mass is 269 g/mol. The van der Waals surface area contributed by atoms with E-state index in [2.05, 4.69) is 35.0 Å². The van der Waals surface area contributed by atoms with Crippen LogP contribution < -0.4 is 0 Å². The molecule has 0 heterocycles. The molecule has 0 aromatic rings. The van der Waals surface area contributed by atoms with E-state index in [4.69, 9.17) is 10.8 Å². The number of aliphatic imine (C=N–C) groups is 2. The topological polar surface area (TPSA) is 75.7 Å². The lowest BCUT2D eigenvalue weighted by molar-refractivity contribution is 0.403. The minimum atomic E-state index is 0. The molecule has 0 fully saturated rings. The van der Waals surface area contributed by atoms with E-state index in [1.54, 1.807) is 0 Å². The second kappa shape index (κ2) is 23.8. The third kappa shape index (κ3) is 37.8. The molecule has 0 amide bonds. The predicted octanol–water partition coefficient (Wildman–Crippen LogP) is 2.29. The minimum Gasteiger partial charge on any atom is -0.309 e. The zero-order valence-electron chi connectivity index (χ0n) is 9.99. The molecule has 2 N–H and O–H groups in total. The smallest absolute Gasteiger partial charge is 0.0892 e. The van der Waals surface area contributed by atoms with Crippen LogP contribution in [-0.4, -0.2) is 50.6 Å². The Morgan fingerprint density at radius 2 is 1.62 bits per heavy atom. The quantitative estimate of drug-likeness (QED) is 0.583. The Morgan fingerprint density at radius 3 is 2.00 bits per heavy atom. The van der Waals surface area contributed by atoms with Gasteiger partial charge in [0.05, 0.1) is 18.6 Å². The van der Waals surface area contributed by atoms with Gasteiger partial charge in [0.25, 0.3) is 0 Å². The van der Waals surface area contributed by atoms with Gasteiger partial charge in [-0.2, -0.15) is 0 Å². The third-order valence-electron chi connectivity index (χ3n) is 1.17. The van der Waals surface area contributed by atoms with Crippen LogP contribution in [0.25, 0.3) is 0 Å². The van der Waals surface area contributed by atoms with Crippen molar-refractivity contribution in [2.24, 2.45) is 9.98 Å². The van der Waals surface area contributed by atoms with E-state index in [-0.39, 0.29) is 24.8 Å². The van der Waals surface area contributed by atoms with Gasteiger partial charge in [-0.15, -0.1) is 24.8 Å². The molecule has 96 valence electrons. The van der Waals surface area contributed by atoms with Gasteiger partial charge >= 0.3 is 0 Å². The van der Waals surface area contributed by atoms with Gasteiger partial charge in [-0.3, -0.25) is 0 Å². The van der Waals surface area contributed by atoms with Crippen molar-refractivity contribution in [3.8, 4) is 0 Å². The first-order valence-electron chi connectivity index (χ1n) is 4.50. The van der Waals surface area contributed by atoms with Crippen molar-refractivity contribution in [1.29, 1.82) is 10.8 Å². The third-order valence-corrected chi connectivity index (χ3v) is 1.17. The maximum Gasteiger partial charge on any atom is 0.0892 e. The highest BCUT2D eigenvalue weighted by Crippen LogP contribution is 1.82. The molecule has 7 heteroatoms. The van der Waals surface area contributed by atoms with Crippen LogP contribution in [0.2, 0.25) is 0 Å². The first-order valence-corrected chi connectivity index (χ1v) is 4.50. The van der Waals surface area contributed by atoms with E-state index >= 15 is 0 Å². The summed E-state index contributed by atoms with van der Waals surface area (Å²) in [6, 6.07) is 3.89. The second-order valence-corrected chi connectivity index (χ2v) is 2.74. The second-order valence-electron chi connectivity index (χ2n) is 2.74. The fourth-order valence-corrected chi connectivity index (χ4v) is 0.637. The molecule has 0 bridgehead atoms. The molecule has 0 rings (SSSR count). The summed E-state index contributed by atoms with van der Waals surface area (Å²) in [5, 5.41) is 11.2. The highest BCUT2D eigenvalue weighted by atomic mass is 35.5. The Bertz CT molecular complexity index is 206. The fraction of sp³-hybridized carbons (Fsp3) is 0.778. The van der Waals surface area contributed by atoms with Crippen LogP contribution in [-0.2, 0) is 0 Å². The molecular weight excluding hydrogens is 249 g/mol. The lowest BCUT2D eigenvalue weighted by Gasteiger charge is -2.05. The van der Waals surface area contributed by atoms with Gasteiger partial charge in [-0.1, -0.05) is 0 Å². The predicted molar refractivity (Wildman–Crippen MR) is 73.4 cm³/mol. The van der Waals surface area contributed by atoms with E-state index in [0.29, 0.717) is 0 Å². The van der Waals surface area contributed by atoms with Gasteiger partial charge in [0.1, 0.15) is 0 Å². The van der Waals surface area contributed by atoms with Crippen LogP contribution in [0, 0.1) is 10.8 Å². The Hall–Kier alpha value is -0.700. The fourth-order valence-electron chi connectivity index (χ4n) is 0.637. The average molecular weight is 270 g/mol. The standard InChI is InChI=1S/C8H17N3.CH2N2.2ClH/c1-4-9-8-10-6-5-7-11(2)3;2-1-3;;/h4-7H2,1-3H3;2-3H;2*1H. The molecule has 0 spiro atoms. The molecular formula is C9H21Cl2N5. The Balaban J connectivity index is -0.000000129. The van der Waals surface area contributed by atoms with Crippen LogP contribution >= 0.6 is 24.8 Å². The number of rotatable bonds is 5. The zero-order valence-corrected chi connectivity index (χ0v) is 11.6. The Kier molecular flexibility index (Phi) is 36.5. The van der Waals surface area contributed by atoms with Gasteiger partial charge in [-0.25, -0.2) is 20.8 Å². The first kappa shape index (κ1) is 24.5. The summed E-state index contributed by atoms with van der Waals surface area (Å²) in [5.41, 5.74) is 0. The summed E-state index contributed by atoms with van der Waals surface area (Å²) >= 11 is 0. The summed E-state index contributed by atoms with van der Waals surface area (Å²) in [5.74, 6) is 0. The number of halogens is 2. The molecule has 0 atom stereocenters. The van der Waals surface area contributed by atoms with Crippen molar-refractivity contribution < 1.29 is 0 Å². The molecule has 0 aliphatic heterocycles. The zero-order chi connectivity index (χ0) is 11.2. The number of nitrogens with one attached hydrogen (secondary N) is 2. The maximum absolute atomic E-state index is 5.62. The summed E-state index contributed by atoms with van der Waals surface area (Å²) in [7, 11) is 4.12. The number of hydrogen-bond donors (Lipinski definition) is 2. The lowest BCUT2D eigenvalue weighted by Crippen LogP contribution is -2.13. The molecule has 0 aromatic heterocycles. The number of hydrogen-bond acceptors (Lipinski definition) is 5. The summed E-state index contributed by atoms with van der Waals surface area (Å²) in [6.07, 6.45) is 1.08. The minimum absolute atomic E-state index is 0. The van der Waals surface area contributed by atoms with Gasteiger partial charge in [0.15, 0.2) is 0 Å². The molecule has 0 unspecified atom stereocenters. The molecule has 0 aromatic carbocycles. The molecule has 0 saturated carbocycles. The molecule has 0 aliphatic rings. The highest BCUT2D eigenvalue weighted by molar-refractivity contribution is 5.85. The van der Waals surface area contributed by atoms with E-state index in [1.807, 2.05) is 6.92 Å². The van der Waals surface area contributed by atoms with E-state index < -0.39 is 0 Å². The van der Waals surface area contributed by atoms with Crippen LogP contribution in [0.15, 0.2) is 9.98 Å². The average Bonchev–Trinajstić information content (AvgIpc) is 2.12. The van der Waals surface area contributed by atoms with Crippen molar-refractivity contribution in [2.75, 3.05) is 33.7 Å². The van der Waals surface area contributed by atoms with Gasteiger partial charge < -0.3 is 4.90 Å². The lowest BCUT2D eigenvalue weighted by atomic mass is 10.4.